The van der Waals surface area contributed by atoms with Crippen molar-refractivity contribution in [1.29, 1.82) is 0 Å². The highest BCUT2D eigenvalue weighted by Crippen LogP contribution is 2.32. The summed E-state index contributed by atoms with van der Waals surface area (Å²) >= 11 is 0. The Balaban J connectivity index is 1.46. The van der Waals surface area contributed by atoms with Crippen LogP contribution >= 0.6 is 0 Å². The maximum Gasteiger partial charge on any atom is 0.249 e. The third-order valence-electron chi connectivity index (χ3n) is 9.67. The second-order valence-corrected chi connectivity index (χ2v) is 12.9. The van der Waals surface area contributed by atoms with E-state index in [4.69, 9.17) is 9.47 Å². The number of likely N-dealkylation sites (tertiary alicyclic amines) is 1. The van der Waals surface area contributed by atoms with Gasteiger partial charge in [0.2, 0.25) is 23.6 Å². The van der Waals surface area contributed by atoms with E-state index in [0.29, 0.717) is 55.7 Å². The largest absolute Gasteiger partial charge is 0.496 e. The van der Waals surface area contributed by atoms with Gasteiger partial charge in [-0.1, -0.05) is 50.6 Å². The van der Waals surface area contributed by atoms with Crippen molar-refractivity contribution in [3.8, 4) is 11.5 Å². The maximum absolute atomic E-state index is 14.5. The smallest absolute Gasteiger partial charge is 0.249 e. The van der Waals surface area contributed by atoms with Crippen molar-refractivity contribution in [2.45, 2.75) is 76.2 Å². The SMILES string of the molecule is CCC(C)C(NC(=O)C(Cc1ccccc1)N(C)C)C(=O)N1CCC2Oc3ccc(OC)c(c3)C=CNC(=O)C3CCCN3C(=O)C21. The summed E-state index contributed by atoms with van der Waals surface area (Å²) in [6.45, 7) is 4.60. The van der Waals surface area contributed by atoms with E-state index < -0.39 is 30.3 Å². The van der Waals surface area contributed by atoms with E-state index in [9.17, 15) is 19.2 Å². The van der Waals surface area contributed by atoms with Gasteiger partial charge in [-0.05, 0) is 69.1 Å². The summed E-state index contributed by atoms with van der Waals surface area (Å²) in [6, 6.07) is 12.1. The van der Waals surface area contributed by atoms with Crippen LogP contribution in [0.4, 0.5) is 0 Å². The van der Waals surface area contributed by atoms with Crippen LogP contribution < -0.4 is 20.1 Å². The van der Waals surface area contributed by atoms with Crippen molar-refractivity contribution in [2.75, 3.05) is 34.3 Å². The molecule has 252 valence electrons. The lowest BCUT2D eigenvalue weighted by atomic mass is 9.96. The van der Waals surface area contributed by atoms with E-state index in [0.717, 1.165) is 5.56 Å². The molecule has 2 aromatic rings. The molecule has 0 saturated carbocycles. The third-order valence-corrected chi connectivity index (χ3v) is 9.67. The Morgan fingerprint density at radius 2 is 1.87 bits per heavy atom. The zero-order chi connectivity index (χ0) is 33.7. The molecule has 0 spiro atoms. The fraction of sp³-hybridized carbons (Fsp3) is 0.500. The predicted octanol–water partition coefficient (Wildman–Crippen LogP) is 2.84. The molecule has 3 aliphatic rings. The topological polar surface area (TPSA) is 121 Å². The van der Waals surface area contributed by atoms with E-state index in [1.807, 2.05) is 63.2 Å². The minimum atomic E-state index is -0.965. The number of nitrogens with one attached hydrogen (secondary N) is 2. The molecule has 11 nitrogen and oxygen atoms in total. The minimum absolute atomic E-state index is 0.198. The van der Waals surface area contributed by atoms with Crippen molar-refractivity contribution in [3.05, 3.63) is 65.9 Å². The molecule has 3 aliphatic heterocycles. The van der Waals surface area contributed by atoms with Gasteiger partial charge in [-0.15, -0.1) is 0 Å². The van der Waals surface area contributed by atoms with Gasteiger partial charge in [0.05, 0.1) is 13.2 Å². The lowest BCUT2D eigenvalue weighted by Crippen LogP contribution is -2.60. The number of hydrogen-bond donors (Lipinski definition) is 2. The molecular weight excluding hydrogens is 598 g/mol. The summed E-state index contributed by atoms with van der Waals surface area (Å²) in [6.07, 6.45) is 5.38. The van der Waals surface area contributed by atoms with Crippen LogP contribution in [0.2, 0.25) is 0 Å². The molecule has 2 N–H and O–H groups in total. The van der Waals surface area contributed by atoms with E-state index in [2.05, 4.69) is 10.6 Å². The number of carbonyl (C=O) groups excluding carboxylic acids is 4. The zero-order valence-electron chi connectivity index (χ0n) is 28.0. The molecule has 0 aliphatic carbocycles. The molecule has 4 amide bonds. The lowest BCUT2D eigenvalue weighted by Gasteiger charge is -2.36. The Morgan fingerprint density at radius 1 is 1.11 bits per heavy atom. The molecule has 0 aromatic heterocycles. The molecule has 0 radical (unpaired) electrons. The number of benzene rings is 2. The fourth-order valence-electron chi connectivity index (χ4n) is 6.76. The maximum atomic E-state index is 14.5. The number of ether oxygens (including phenoxy) is 2. The first-order valence-electron chi connectivity index (χ1n) is 16.6. The summed E-state index contributed by atoms with van der Waals surface area (Å²) < 4.78 is 12.0. The first-order chi connectivity index (χ1) is 22.6. The van der Waals surface area contributed by atoms with Crippen LogP contribution in [0.25, 0.3) is 6.08 Å². The second kappa shape index (κ2) is 15.0. The Labute approximate surface area is 277 Å². The van der Waals surface area contributed by atoms with Gasteiger partial charge in [-0.2, -0.15) is 0 Å². The minimum Gasteiger partial charge on any atom is -0.496 e. The van der Waals surface area contributed by atoms with Crippen molar-refractivity contribution in [2.24, 2.45) is 5.92 Å². The Bertz CT molecular complexity index is 1480. The Kier molecular flexibility index (Phi) is 10.9. The van der Waals surface area contributed by atoms with E-state index in [-0.39, 0.29) is 36.1 Å². The van der Waals surface area contributed by atoms with Crippen LogP contribution in [-0.4, -0.2) is 103 Å². The van der Waals surface area contributed by atoms with E-state index in [1.165, 1.54) is 0 Å². The standard InChI is InChI=1S/C36H47N5O6/c1-6-23(2)31(38-34(43)28(39(3)4)21-24-11-8-7-9-12-24)35(44)41-20-17-30-32(41)36(45)40-19-10-13-27(40)33(42)37-18-16-25-22-26(47-30)14-15-29(25)46-5/h7-9,11-12,14-16,18,22-23,27-28,30-32H,6,10,13,17,19-21H2,1-5H3,(H,37,42)(H,38,43). The number of rotatable bonds is 9. The van der Waals surface area contributed by atoms with Gasteiger partial charge >= 0.3 is 0 Å². The molecule has 2 bridgehead atoms. The van der Waals surface area contributed by atoms with Crippen LogP contribution in [0.5, 0.6) is 11.5 Å². The van der Waals surface area contributed by atoms with Crippen molar-refractivity contribution >= 4 is 29.7 Å². The summed E-state index contributed by atoms with van der Waals surface area (Å²) in [7, 11) is 5.27. The van der Waals surface area contributed by atoms with Crippen molar-refractivity contribution in [1.82, 2.24) is 25.3 Å². The predicted molar refractivity (Wildman–Crippen MR) is 178 cm³/mol. The molecule has 3 heterocycles. The van der Waals surface area contributed by atoms with Gasteiger partial charge in [0.25, 0.3) is 0 Å². The third kappa shape index (κ3) is 7.45. The van der Waals surface area contributed by atoms with Gasteiger partial charge in [0.15, 0.2) is 0 Å². The summed E-state index contributed by atoms with van der Waals surface area (Å²) in [5.74, 6) is -0.251. The second-order valence-electron chi connectivity index (χ2n) is 12.9. The molecule has 5 rings (SSSR count). The summed E-state index contributed by atoms with van der Waals surface area (Å²) in [4.78, 5) is 61.1. The Hall–Kier alpha value is -4.38. The van der Waals surface area contributed by atoms with Gasteiger partial charge < -0.3 is 29.9 Å². The highest BCUT2D eigenvalue weighted by atomic mass is 16.5. The van der Waals surface area contributed by atoms with E-state index >= 15 is 0 Å². The molecule has 6 atom stereocenters. The monoisotopic (exact) mass is 645 g/mol. The molecule has 11 heteroatoms. The van der Waals surface area contributed by atoms with Crippen molar-refractivity contribution < 1.29 is 28.7 Å². The number of fused-ring (bicyclic) bond motifs is 4. The quantitative estimate of drug-likeness (QED) is 0.431. The Morgan fingerprint density at radius 3 is 2.57 bits per heavy atom. The highest BCUT2D eigenvalue weighted by molar-refractivity contribution is 5.96. The van der Waals surface area contributed by atoms with Gasteiger partial charge in [-0.3, -0.25) is 24.1 Å². The highest BCUT2D eigenvalue weighted by Gasteiger charge is 2.50. The molecule has 2 saturated heterocycles. The van der Waals surface area contributed by atoms with Crippen LogP contribution in [0.3, 0.4) is 0 Å². The lowest BCUT2D eigenvalue weighted by molar-refractivity contribution is -0.150. The average molecular weight is 646 g/mol. The van der Waals surface area contributed by atoms with Crippen LogP contribution in [-0.2, 0) is 25.6 Å². The van der Waals surface area contributed by atoms with Crippen molar-refractivity contribution in [3.63, 3.8) is 0 Å². The van der Waals surface area contributed by atoms with E-state index in [1.54, 1.807) is 47.4 Å². The summed E-state index contributed by atoms with van der Waals surface area (Å²) in [5, 5.41) is 5.90. The number of hydrogen-bond acceptors (Lipinski definition) is 7. The number of nitrogens with zero attached hydrogens (tertiary/aromatic N) is 3. The molecular formula is C36H47N5O6. The fourth-order valence-corrected chi connectivity index (χ4v) is 6.76. The first-order valence-corrected chi connectivity index (χ1v) is 16.6. The average Bonchev–Trinajstić information content (AvgIpc) is 3.73. The number of carbonyl (C=O) groups is 4. The molecule has 6 unspecified atom stereocenters. The first kappa shape index (κ1) is 34.0. The van der Waals surface area contributed by atoms with Crippen LogP contribution in [0.1, 0.15) is 50.7 Å². The van der Waals surface area contributed by atoms with Crippen LogP contribution in [0, 0.1) is 5.92 Å². The van der Waals surface area contributed by atoms with Gasteiger partial charge in [0.1, 0.15) is 35.7 Å². The number of amides is 4. The van der Waals surface area contributed by atoms with Gasteiger partial charge in [0, 0.05) is 31.3 Å². The zero-order valence-corrected chi connectivity index (χ0v) is 28.0. The molecule has 47 heavy (non-hydrogen) atoms. The molecule has 2 aromatic carbocycles. The van der Waals surface area contributed by atoms with Gasteiger partial charge in [-0.25, -0.2) is 0 Å². The number of methoxy groups -OCH3 is 1. The van der Waals surface area contributed by atoms with Crippen LogP contribution in [0.15, 0.2) is 54.7 Å². The summed E-state index contributed by atoms with van der Waals surface area (Å²) in [5.41, 5.74) is 1.72. The normalized spacial score (nSPS) is 22.9. The molecule has 2 fully saturated rings. The number of likely N-dealkylation sites (N-methyl/N-ethyl adjacent to an activating group) is 1.